The van der Waals surface area contributed by atoms with Crippen molar-refractivity contribution < 1.29 is 13.2 Å². The second-order valence-corrected chi connectivity index (χ2v) is 8.79. The smallest absolute Gasteiger partial charge is 0.255 e. The fraction of sp³-hybridized carbons (Fsp3) is 0.158. The Balaban J connectivity index is 1.81. The van der Waals surface area contributed by atoms with E-state index in [1.165, 1.54) is 12.1 Å². The Morgan fingerprint density at radius 3 is 2.50 bits per heavy atom. The summed E-state index contributed by atoms with van der Waals surface area (Å²) in [6.45, 7) is 3.78. The molecule has 0 aliphatic heterocycles. The molecule has 1 heterocycles. The number of primary sulfonamides is 1. The zero-order valence-electron chi connectivity index (χ0n) is 15.3. The maximum Gasteiger partial charge on any atom is 0.255 e. The van der Waals surface area contributed by atoms with Crippen LogP contribution in [0.3, 0.4) is 0 Å². The van der Waals surface area contributed by atoms with Crippen molar-refractivity contribution in [2.24, 2.45) is 5.14 Å². The van der Waals surface area contributed by atoms with Gasteiger partial charge in [0.2, 0.25) is 10.0 Å². The quantitative estimate of drug-likeness (QED) is 0.607. The van der Waals surface area contributed by atoms with Gasteiger partial charge >= 0.3 is 0 Å². The van der Waals surface area contributed by atoms with Gasteiger partial charge in [0.1, 0.15) is 0 Å². The van der Waals surface area contributed by atoms with Crippen LogP contribution in [0, 0.1) is 13.8 Å². The van der Waals surface area contributed by atoms with Gasteiger partial charge in [-0.25, -0.2) is 18.2 Å². The summed E-state index contributed by atoms with van der Waals surface area (Å²) < 4.78 is 25.6. The lowest BCUT2D eigenvalue weighted by Gasteiger charge is -2.08. The first kappa shape index (κ1) is 20.2. The molecule has 0 unspecified atom stereocenters. The van der Waals surface area contributed by atoms with E-state index in [2.05, 4.69) is 26.3 Å². The number of rotatable bonds is 5. The van der Waals surface area contributed by atoms with E-state index >= 15 is 0 Å². The minimum absolute atomic E-state index is 0.00895. The van der Waals surface area contributed by atoms with Gasteiger partial charge in [-0.2, -0.15) is 5.10 Å². The lowest BCUT2D eigenvalue weighted by molar-refractivity contribution is 0.0949. The van der Waals surface area contributed by atoms with E-state index in [0.717, 1.165) is 15.9 Å². The second kappa shape index (κ2) is 7.86. The number of sulfonamides is 1. The van der Waals surface area contributed by atoms with Gasteiger partial charge in [0.05, 0.1) is 27.5 Å². The average Bonchev–Trinajstić information content (AvgIpc) is 2.94. The van der Waals surface area contributed by atoms with Crippen LogP contribution in [-0.4, -0.2) is 24.1 Å². The van der Waals surface area contributed by atoms with Gasteiger partial charge in [-0.3, -0.25) is 4.79 Å². The first-order valence-corrected chi connectivity index (χ1v) is 10.7. The van der Waals surface area contributed by atoms with Crippen LogP contribution in [0.15, 0.2) is 57.9 Å². The highest BCUT2D eigenvalue weighted by molar-refractivity contribution is 9.10. The zero-order valence-corrected chi connectivity index (χ0v) is 17.7. The van der Waals surface area contributed by atoms with E-state index in [-0.39, 0.29) is 17.3 Å². The minimum atomic E-state index is -3.79. The molecule has 1 aromatic heterocycles. The molecule has 146 valence electrons. The SMILES string of the molecule is Cc1nn(-c2ccc(Br)cc2)c(C)c1C(=O)NCc1cccc(S(N)(=O)=O)c1. The van der Waals surface area contributed by atoms with Crippen molar-refractivity contribution in [3.05, 3.63) is 75.5 Å². The highest BCUT2D eigenvalue weighted by Gasteiger charge is 2.19. The Kier molecular flexibility index (Phi) is 5.69. The van der Waals surface area contributed by atoms with Crippen molar-refractivity contribution in [1.82, 2.24) is 15.1 Å². The number of aromatic nitrogens is 2. The summed E-state index contributed by atoms with van der Waals surface area (Å²) >= 11 is 3.40. The standard InChI is InChI=1S/C19H19BrN4O3S/c1-12-18(13(2)24(23-12)16-8-6-15(20)7-9-16)19(25)22-11-14-4-3-5-17(10-14)28(21,26)27/h3-10H,11H2,1-2H3,(H,22,25)(H2,21,26,27). The predicted molar refractivity (Wildman–Crippen MR) is 110 cm³/mol. The van der Waals surface area contributed by atoms with Crippen molar-refractivity contribution in [3.63, 3.8) is 0 Å². The number of carbonyl (C=O) groups is 1. The number of benzene rings is 2. The topological polar surface area (TPSA) is 107 Å². The average molecular weight is 463 g/mol. The van der Waals surface area contributed by atoms with Gasteiger partial charge in [0.15, 0.2) is 0 Å². The van der Waals surface area contributed by atoms with Gasteiger partial charge in [0, 0.05) is 11.0 Å². The number of carbonyl (C=O) groups excluding carboxylic acids is 1. The minimum Gasteiger partial charge on any atom is -0.348 e. The Bertz CT molecular complexity index is 1140. The van der Waals surface area contributed by atoms with Crippen LogP contribution < -0.4 is 10.5 Å². The Hall–Kier alpha value is -2.49. The number of hydrogen-bond donors (Lipinski definition) is 2. The first-order chi connectivity index (χ1) is 13.2. The van der Waals surface area contributed by atoms with Crippen molar-refractivity contribution in [2.45, 2.75) is 25.3 Å². The van der Waals surface area contributed by atoms with Crippen LogP contribution >= 0.6 is 15.9 Å². The Morgan fingerprint density at radius 1 is 1.18 bits per heavy atom. The molecule has 0 spiro atoms. The molecule has 0 fully saturated rings. The normalized spacial score (nSPS) is 11.4. The van der Waals surface area contributed by atoms with Crippen LogP contribution in [-0.2, 0) is 16.6 Å². The van der Waals surface area contributed by atoms with E-state index in [1.54, 1.807) is 23.7 Å². The molecule has 1 amide bonds. The highest BCUT2D eigenvalue weighted by Crippen LogP contribution is 2.20. The van der Waals surface area contributed by atoms with Crippen LogP contribution in [0.1, 0.15) is 27.3 Å². The lowest BCUT2D eigenvalue weighted by Crippen LogP contribution is -2.24. The molecule has 7 nitrogen and oxygen atoms in total. The molecule has 3 N–H and O–H groups in total. The number of halogens is 1. The van der Waals surface area contributed by atoms with Crippen molar-refractivity contribution >= 4 is 31.9 Å². The monoisotopic (exact) mass is 462 g/mol. The van der Waals surface area contributed by atoms with Gasteiger partial charge in [-0.15, -0.1) is 0 Å². The van der Waals surface area contributed by atoms with E-state index in [1.807, 2.05) is 31.2 Å². The molecule has 0 aliphatic rings. The number of nitrogens with two attached hydrogens (primary N) is 1. The van der Waals surface area contributed by atoms with Crippen LogP contribution in [0.2, 0.25) is 0 Å². The van der Waals surface area contributed by atoms with Gasteiger partial charge < -0.3 is 5.32 Å². The van der Waals surface area contributed by atoms with E-state index in [0.29, 0.717) is 16.8 Å². The fourth-order valence-corrected chi connectivity index (χ4v) is 3.76. The largest absolute Gasteiger partial charge is 0.348 e. The molecule has 0 saturated carbocycles. The number of hydrogen-bond acceptors (Lipinski definition) is 4. The lowest BCUT2D eigenvalue weighted by atomic mass is 10.1. The molecule has 3 aromatic rings. The molecule has 0 aliphatic carbocycles. The van der Waals surface area contributed by atoms with E-state index in [9.17, 15) is 13.2 Å². The predicted octanol–water partition coefficient (Wildman–Crippen LogP) is 2.83. The molecule has 0 atom stereocenters. The molecular weight excluding hydrogens is 444 g/mol. The second-order valence-electron chi connectivity index (χ2n) is 6.31. The molecule has 28 heavy (non-hydrogen) atoms. The summed E-state index contributed by atoms with van der Waals surface area (Å²) in [5.41, 5.74) is 3.30. The van der Waals surface area contributed by atoms with E-state index in [4.69, 9.17) is 5.14 Å². The molecule has 3 rings (SSSR count). The highest BCUT2D eigenvalue weighted by atomic mass is 79.9. The third kappa shape index (κ3) is 4.32. The number of amides is 1. The molecule has 2 aromatic carbocycles. The van der Waals surface area contributed by atoms with Gasteiger partial charge in [0.25, 0.3) is 5.91 Å². The van der Waals surface area contributed by atoms with Crippen LogP contribution in [0.25, 0.3) is 5.69 Å². The van der Waals surface area contributed by atoms with Crippen molar-refractivity contribution in [2.75, 3.05) is 0 Å². The van der Waals surface area contributed by atoms with Crippen LogP contribution in [0.5, 0.6) is 0 Å². The maximum absolute atomic E-state index is 12.7. The fourth-order valence-electron chi connectivity index (χ4n) is 2.91. The molecule has 0 bridgehead atoms. The third-order valence-corrected chi connectivity index (χ3v) is 5.71. The molecule has 0 radical (unpaired) electrons. The summed E-state index contributed by atoms with van der Waals surface area (Å²) in [5.74, 6) is -0.278. The first-order valence-electron chi connectivity index (χ1n) is 8.39. The number of nitrogens with one attached hydrogen (secondary N) is 1. The molecule has 9 heteroatoms. The van der Waals surface area contributed by atoms with Crippen molar-refractivity contribution in [3.8, 4) is 5.69 Å². The van der Waals surface area contributed by atoms with Gasteiger partial charge in [-0.05, 0) is 55.8 Å². The summed E-state index contributed by atoms with van der Waals surface area (Å²) in [5, 5.41) is 12.4. The molecule has 0 saturated heterocycles. The maximum atomic E-state index is 12.7. The summed E-state index contributed by atoms with van der Waals surface area (Å²) in [6, 6.07) is 13.8. The molecular formula is C19H19BrN4O3S. The Labute approximate surface area is 171 Å². The van der Waals surface area contributed by atoms with Crippen molar-refractivity contribution in [1.29, 1.82) is 0 Å². The zero-order chi connectivity index (χ0) is 20.5. The van der Waals surface area contributed by atoms with E-state index < -0.39 is 10.0 Å². The number of aryl methyl sites for hydroxylation is 1. The van der Waals surface area contributed by atoms with Crippen LogP contribution in [0.4, 0.5) is 0 Å². The van der Waals surface area contributed by atoms with Gasteiger partial charge in [-0.1, -0.05) is 28.1 Å². The number of nitrogens with zero attached hydrogens (tertiary/aromatic N) is 2. The summed E-state index contributed by atoms with van der Waals surface area (Å²) in [6.07, 6.45) is 0. The summed E-state index contributed by atoms with van der Waals surface area (Å²) in [4.78, 5) is 12.7. The Morgan fingerprint density at radius 2 is 1.86 bits per heavy atom. The third-order valence-electron chi connectivity index (χ3n) is 4.27. The summed E-state index contributed by atoms with van der Waals surface area (Å²) in [7, 11) is -3.79.